The van der Waals surface area contributed by atoms with Crippen LogP contribution in [0.1, 0.15) is 2.85 Å². The molecule has 0 unspecified atom stereocenters. The summed E-state index contributed by atoms with van der Waals surface area (Å²) in [5.74, 6) is 0. The first-order valence-electron chi connectivity index (χ1n) is 0.651. The smallest absolute Gasteiger partial charge is 1.00 e. The maximum Gasteiger partial charge on any atom is 2.00 e. The van der Waals surface area contributed by atoms with Gasteiger partial charge in [0.25, 0.3) is 0 Å². The van der Waals surface area contributed by atoms with Crippen LogP contribution in [-0.4, -0.2) is 41.8 Å². The van der Waals surface area contributed by atoms with Crippen LogP contribution < -0.4 is 0 Å². The Hall–Kier alpha value is 0.903. The van der Waals surface area contributed by atoms with Crippen LogP contribution in [0.25, 0.3) is 0 Å². The van der Waals surface area contributed by atoms with E-state index < -0.39 is 9.17 Å². The minimum atomic E-state index is -3.13. The average Bonchev–Trinajstić information content (AvgIpc) is 0.811. The van der Waals surface area contributed by atoms with Crippen LogP contribution in [-0.2, 0) is 21.5 Å². The first-order valence-corrected chi connectivity index (χ1v) is 1.95. The van der Waals surface area contributed by atoms with Crippen LogP contribution in [0.4, 0.5) is 0 Å². The Morgan fingerprint density at radius 2 is 1.50 bits per heavy atom. The van der Waals surface area contributed by atoms with E-state index in [4.69, 9.17) is 14.1 Å². The van der Waals surface area contributed by atoms with Crippen LogP contribution >= 0.6 is 0 Å². The molecule has 0 rings (SSSR count). The zero-order valence-electron chi connectivity index (χ0n) is 4.81. The van der Waals surface area contributed by atoms with Crippen molar-refractivity contribution < 1.29 is 34.0 Å². The molecule has 1 radical (unpaired) electrons. The second kappa shape index (κ2) is 9.32. The van der Waals surface area contributed by atoms with Gasteiger partial charge in [0.05, 0.1) is 0 Å². The normalized spacial score (nSPS) is 4.00. The monoisotopic (exact) mass is 167 g/mol. The molecule has 0 fully saturated rings. The molecule has 0 bridgehead atoms. The maximum atomic E-state index is 8.74. The average molecular weight is 168 g/mol. The van der Waals surface area contributed by atoms with Gasteiger partial charge in [-0.25, -0.2) is 0 Å². The van der Waals surface area contributed by atoms with E-state index in [1.165, 1.54) is 0 Å². The molecule has 0 atom stereocenters. The summed E-state index contributed by atoms with van der Waals surface area (Å²) in [5.41, 5.74) is 0. The zero-order valence-corrected chi connectivity index (χ0v) is 6.17. The Kier molecular flexibility index (Phi) is 24.5. The minimum Gasteiger partial charge on any atom is -1.00 e. The maximum absolute atomic E-state index is 8.74. The summed E-state index contributed by atoms with van der Waals surface area (Å²) in [6.45, 7) is 0. The fourth-order valence-electron chi connectivity index (χ4n) is 0. The minimum absolute atomic E-state index is 0. The third-order valence-corrected chi connectivity index (χ3v) is 0. The predicted molar refractivity (Wildman–Crippen MR) is 18.9 cm³/mol. The number of rotatable bonds is 0. The molecule has 39 valence electrons. The summed E-state index contributed by atoms with van der Waals surface area (Å²) >= 11 is 0. The number of hydrogen-bond donors (Lipinski definition) is 2. The molecule has 6 heavy (non-hydrogen) atoms. The Morgan fingerprint density at radius 3 is 1.50 bits per heavy atom. The van der Waals surface area contributed by atoms with E-state index in [0.29, 0.717) is 0 Å². The van der Waals surface area contributed by atoms with Crippen LogP contribution in [0.2, 0.25) is 0 Å². The van der Waals surface area contributed by atoms with Crippen molar-refractivity contribution in [2.45, 2.75) is 0 Å². The standard InChI is InChI=1S/Cu.Mg.H2O3Si.2H/c;;1-4(2)3;;/h;;1-2H;;/q;+2;;2*-1. The third kappa shape index (κ3) is 91.7. The van der Waals surface area contributed by atoms with E-state index in [9.17, 15) is 0 Å². The van der Waals surface area contributed by atoms with Crippen molar-refractivity contribution in [1.82, 2.24) is 0 Å². The second-order valence-corrected chi connectivity index (χ2v) is 0.848. The molecular weight excluding hydrogens is 164 g/mol. The molecule has 0 aromatic heterocycles. The van der Waals surface area contributed by atoms with E-state index in [0.717, 1.165) is 0 Å². The second-order valence-electron chi connectivity index (χ2n) is 0.283. The molecule has 0 spiro atoms. The quantitative estimate of drug-likeness (QED) is 0.420. The van der Waals surface area contributed by atoms with Crippen LogP contribution in [0.15, 0.2) is 0 Å². The van der Waals surface area contributed by atoms with Gasteiger partial charge >= 0.3 is 32.2 Å². The van der Waals surface area contributed by atoms with Gasteiger partial charge in [-0.3, -0.25) is 4.46 Å². The van der Waals surface area contributed by atoms with Crippen molar-refractivity contribution in [3.63, 3.8) is 0 Å². The van der Waals surface area contributed by atoms with Crippen molar-refractivity contribution in [1.29, 1.82) is 0 Å². The Bertz CT molecular complexity index is 40.3. The van der Waals surface area contributed by atoms with Crippen molar-refractivity contribution in [2.24, 2.45) is 0 Å². The van der Waals surface area contributed by atoms with E-state index in [-0.39, 0.29) is 43.0 Å². The summed E-state index contributed by atoms with van der Waals surface area (Å²) in [6.07, 6.45) is 0. The van der Waals surface area contributed by atoms with Crippen LogP contribution in [0.3, 0.4) is 0 Å². The molecule has 0 aliphatic heterocycles. The Labute approximate surface area is 66.2 Å². The summed E-state index contributed by atoms with van der Waals surface area (Å²) in [6, 6.07) is 0. The van der Waals surface area contributed by atoms with Gasteiger partial charge in [0, 0.05) is 17.1 Å². The van der Waals surface area contributed by atoms with Gasteiger partial charge in [-0.05, 0) is 0 Å². The number of hydrogen-bond acceptors (Lipinski definition) is 1. The van der Waals surface area contributed by atoms with Gasteiger partial charge < -0.3 is 12.4 Å². The molecule has 0 amide bonds. The molecule has 0 aliphatic rings. The fraction of sp³-hybridized carbons (Fsp3) is 0. The van der Waals surface area contributed by atoms with Gasteiger partial charge in [-0.15, -0.1) is 0 Å². The molecule has 0 saturated carbocycles. The van der Waals surface area contributed by atoms with Gasteiger partial charge in [-0.1, -0.05) is 0 Å². The molecular formula is H4CuMgO3Si. The van der Waals surface area contributed by atoms with E-state index in [1.807, 2.05) is 0 Å². The molecule has 0 aromatic rings. The van der Waals surface area contributed by atoms with E-state index >= 15 is 0 Å². The molecule has 0 aliphatic carbocycles. The van der Waals surface area contributed by atoms with Gasteiger partial charge in [0.1, 0.15) is 0 Å². The summed E-state index contributed by atoms with van der Waals surface area (Å²) in [7, 11) is -3.13. The summed E-state index contributed by atoms with van der Waals surface area (Å²) in [4.78, 5) is 14.3. The van der Waals surface area contributed by atoms with E-state index in [1.54, 1.807) is 0 Å². The molecule has 3 nitrogen and oxygen atoms in total. The third-order valence-electron chi connectivity index (χ3n) is 0. The zero-order chi connectivity index (χ0) is 3.58. The van der Waals surface area contributed by atoms with Gasteiger partial charge in [-0.2, -0.15) is 0 Å². The Morgan fingerprint density at radius 1 is 1.50 bits per heavy atom. The van der Waals surface area contributed by atoms with E-state index in [2.05, 4.69) is 0 Å². The first kappa shape index (κ1) is 15.8. The van der Waals surface area contributed by atoms with Crippen LogP contribution in [0, 0.1) is 0 Å². The molecule has 0 heterocycles. The van der Waals surface area contributed by atoms with Gasteiger partial charge in [0.15, 0.2) is 0 Å². The fourth-order valence-corrected chi connectivity index (χ4v) is 0. The van der Waals surface area contributed by atoms with Crippen molar-refractivity contribution >= 4 is 32.2 Å². The first-order chi connectivity index (χ1) is 1.73. The summed E-state index contributed by atoms with van der Waals surface area (Å²) < 4.78 is 8.74. The molecule has 0 saturated heterocycles. The van der Waals surface area contributed by atoms with Gasteiger partial charge in [0.2, 0.25) is 0 Å². The Balaban J connectivity index is -0.00000000750. The van der Waals surface area contributed by atoms with Crippen molar-refractivity contribution in [2.75, 3.05) is 0 Å². The molecule has 2 N–H and O–H groups in total. The van der Waals surface area contributed by atoms with Crippen molar-refractivity contribution in [3.05, 3.63) is 0 Å². The molecule has 6 heteroatoms. The predicted octanol–water partition coefficient (Wildman–Crippen LogP) is -1.77. The SMILES string of the molecule is O=[Si](O)O.[Cu].[H-].[H-].[Mg+2]. The van der Waals surface area contributed by atoms with Crippen LogP contribution in [0.5, 0.6) is 0 Å². The summed E-state index contributed by atoms with van der Waals surface area (Å²) in [5, 5.41) is 0. The van der Waals surface area contributed by atoms with Crippen molar-refractivity contribution in [3.8, 4) is 0 Å². The molecule has 0 aromatic carbocycles. The topological polar surface area (TPSA) is 57.5 Å². The largest absolute Gasteiger partial charge is 2.00 e.